The van der Waals surface area contributed by atoms with Crippen LogP contribution < -0.4 is 14.4 Å². The summed E-state index contributed by atoms with van der Waals surface area (Å²) in [7, 11) is -0.771. The number of benzene rings is 3. The molecule has 0 bridgehead atoms. The zero-order valence-electron chi connectivity index (χ0n) is 19.7. The van der Waals surface area contributed by atoms with Gasteiger partial charge in [0.2, 0.25) is 21.8 Å². The molecule has 3 aromatic carbocycles. The Labute approximate surface area is 200 Å². The first-order valence-corrected chi connectivity index (χ1v) is 12.6. The summed E-state index contributed by atoms with van der Waals surface area (Å²) in [5.74, 6) is -0.240. The Morgan fingerprint density at radius 2 is 1.71 bits per heavy atom. The van der Waals surface area contributed by atoms with E-state index in [0.29, 0.717) is 16.8 Å². The van der Waals surface area contributed by atoms with Crippen molar-refractivity contribution in [2.75, 3.05) is 31.3 Å². The Kier molecular flexibility index (Phi) is 7.78. The van der Waals surface area contributed by atoms with Crippen LogP contribution in [0.1, 0.15) is 12.5 Å². The number of carbonyl (C=O) groups is 2. The fraction of sp³-hybridized carbons (Fsp3) is 0.280. The van der Waals surface area contributed by atoms with E-state index in [-0.39, 0.29) is 12.5 Å². The van der Waals surface area contributed by atoms with Crippen molar-refractivity contribution in [3.63, 3.8) is 0 Å². The van der Waals surface area contributed by atoms with Gasteiger partial charge in [0.25, 0.3) is 0 Å². The number of fused-ring (bicyclic) bond motifs is 1. The maximum atomic E-state index is 13.5. The summed E-state index contributed by atoms with van der Waals surface area (Å²) in [6.45, 7) is 1.27. The van der Waals surface area contributed by atoms with Crippen molar-refractivity contribution in [2.24, 2.45) is 0 Å². The minimum absolute atomic E-state index is 0.109. The third-order valence-electron chi connectivity index (χ3n) is 5.62. The number of rotatable bonds is 9. The number of amides is 2. The Balaban J connectivity index is 2.00. The number of likely N-dealkylation sites (N-methyl/N-ethyl adjacent to an activating group) is 1. The lowest BCUT2D eigenvalue weighted by atomic mass is 10.1. The molecular weight excluding hydrogens is 454 g/mol. The average Bonchev–Trinajstić information content (AvgIpc) is 2.84. The van der Waals surface area contributed by atoms with Crippen LogP contribution in [0.25, 0.3) is 10.8 Å². The van der Waals surface area contributed by atoms with Gasteiger partial charge in [-0.15, -0.1) is 0 Å². The van der Waals surface area contributed by atoms with Crippen molar-refractivity contribution >= 4 is 38.3 Å². The van der Waals surface area contributed by atoms with Gasteiger partial charge in [0.05, 0.1) is 19.1 Å². The summed E-state index contributed by atoms with van der Waals surface area (Å²) in [4.78, 5) is 27.3. The first kappa shape index (κ1) is 25.0. The molecule has 0 aromatic heterocycles. The molecule has 0 fully saturated rings. The van der Waals surface area contributed by atoms with E-state index in [2.05, 4.69) is 5.32 Å². The van der Waals surface area contributed by atoms with Crippen molar-refractivity contribution in [1.82, 2.24) is 10.2 Å². The maximum Gasteiger partial charge on any atom is 0.244 e. The number of ether oxygens (including phenoxy) is 1. The van der Waals surface area contributed by atoms with Gasteiger partial charge in [-0.05, 0) is 36.1 Å². The van der Waals surface area contributed by atoms with Gasteiger partial charge in [-0.2, -0.15) is 0 Å². The number of methoxy groups -OCH3 is 1. The smallest absolute Gasteiger partial charge is 0.244 e. The molecule has 9 heteroatoms. The standard InChI is InChI=1S/C25H29N3O5S/c1-18(25(30)26-2)27(16-19-9-7-12-21(15-19)33-3)24(29)17-28(34(4,31)32)23-14-8-11-20-10-5-6-13-22(20)23/h5-15,18H,16-17H2,1-4H3,(H,26,30). The monoisotopic (exact) mass is 483 g/mol. The highest BCUT2D eigenvalue weighted by atomic mass is 32.2. The highest BCUT2D eigenvalue weighted by molar-refractivity contribution is 7.92. The van der Waals surface area contributed by atoms with Crippen LogP contribution in [0, 0.1) is 0 Å². The molecule has 3 aromatic rings. The Hall–Kier alpha value is -3.59. The van der Waals surface area contributed by atoms with E-state index in [1.54, 1.807) is 44.4 Å². The molecule has 0 aliphatic carbocycles. The van der Waals surface area contributed by atoms with Gasteiger partial charge in [-0.3, -0.25) is 13.9 Å². The SMILES string of the molecule is CNC(=O)C(C)N(Cc1cccc(OC)c1)C(=O)CN(c1cccc2ccccc12)S(C)(=O)=O. The van der Waals surface area contributed by atoms with Gasteiger partial charge in [0, 0.05) is 19.0 Å². The minimum atomic E-state index is -3.81. The number of nitrogens with one attached hydrogen (secondary N) is 1. The molecular formula is C25H29N3O5S. The normalized spacial score (nSPS) is 12.1. The quantitative estimate of drug-likeness (QED) is 0.505. The zero-order valence-corrected chi connectivity index (χ0v) is 20.5. The summed E-state index contributed by atoms with van der Waals surface area (Å²) in [6.07, 6.45) is 1.07. The molecule has 1 unspecified atom stereocenters. The fourth-order valence-corrected chi connectivity index (χ4v) is 4.64. The summed E-state index contributed by atoms with van der Waals surface area (Å²) in [5.41, 5.74) is 1.15. The van der Waals surface area contributed by atoms with Gasteiger partial charge >= 0.3 is 0 Å². The van der Waals surface area contributed by atoms with E-state index >= 15 is 0 Å². The van der Waals surface area contributed by atoms with Gasteiger partial charge in [0.1, 0.15) is 18.3 Å². The fourth-order valence-electron chi connectivity index (χ4n) is 3.78. The Morgan fingerprint density at radius 3 is 2.38 bits per heavy atom. The summed E-state index contributed by atoms with van der Waals surface area (Å²) in [6, 6.07) is 19.0. The molecule has 0 heterocycles. The van der Waals surface area contributed by atoms with Crippen LogP contribution in [-0.4, -0.2) is 58.1 Å². The van der Waals surface area contributed by atoms with Crippen LogP contribution in [0.4, 0.5) is 5.69 Å². The Morgan fingerprint density at radius 1 is 1.03 bits per heavy atom. The number of sulfonamides is 1. The van der Waals surface area contributed by atoms with Crippen molar-refractivity contribution in [2.45, 2.75) is 19.5 Å². The van der Waals surface area contributed by atoms with E-state index in [1.165, 1.54) is 11.9 Å². The van der Waals surface area contributed by atoms with Gasteiger partial charge in [-0.25, -0.2) is 8.42 Å². The summed E-state index contributed by atoms with van der Waals surface area (Å²) < 4.78 is 31.9. The number of carbonyl (C=O) groups excluding carboxylic acids is 2. The third-order valence-corrected chi connectivity index (χ3v) is 6.74. The van der Waals surface area contributed by atoms with E-state index in [0.717, 1.165) is 21.5 Å². The summed E-state index contributed by atoms with van der Waals surface area (Å²) in [5, 5.41) is 4.12. The first-order valence-electron chi connectivity index (χ1n) is 10.7. The molecule has 1 N–H and O–H groups in total. The molecule has 0 spiro atoms. The predicted molar refractivity (Wildman–Crippen MR) is 133 cm³/mol. The second-order valence-electron chi connectivity index (χ2n) is 7.93. The number of hydrogen-bond acceptors (Lipinski definition) is 5. The second kappa shape index (κ2) is 10.6. The summed E-state index contributed by atoms with van der Waals surface area (Å²) >= 11 is 0. The van der Waals surface area contributed by atoms with Crippen LogP contribution in [0.2, 0.25) is 0 Å². The van der Waals surface area contributed by atoms with E-state index in [9.17, 15) is 18.0 Å². The van der Waals surface area contributed by atoms with Crippen molar-refractivity contribution in [3.05, 3.63) is 72.3 Å². The molecule has 0 saturated carbocycles. The van der Waals surface area contributed by atoms with Crippen LogP contribution >= 0.6 is 0 Å². The molecule has 0 aliphatic heterocycles. The van der Waals surface area contributed by atoms with Crippen LogP contribution in [0.15, 0.2) is 66.7 Å². The predicted octanol–water partition coefficient (Wildman–Crippen LogP) is 2.78. The molecule has 0 radical (unpaired) electrons. The number of nitrogens with zero attached hydrogens (tertiary/aromatic N) is 2. The Bertz CT molecular complexity index is 1290. The van der Waals surface area contributed by atoms with Crippen LogP contribution in [0.3, 0.4) is 0 Å². The van der Waals surface area contributed by atoms with Gasteiger partial charge in [-0.1, -0.05) is 48.5 Å². The lowest BCUT2D eigenvalue weighted by Gasteiger charge is -2.31. The largest absolute Gasteiger partial charge is 0.497 e. The number of hydrogen-bond donors (Lipinski definition) is 1. The highest BCUT2D eigenvalue weighted by Crippen LogP contribution is 2.28. The topological polar surface area (TPSA) is 96.0 Å². The molecule has 0 aliphatic rings. The highest BCUT2D eigenvalue weighted by Gasteiger charge is 2.30. The van der Waals surface area contributed by atoms with E-state index in [4.69, 9.17) is 4.74 Å². The molecule has 3 rings (SSSR count). The van der Waals surface area contributed by atoms with Crippen molar-refractivity contribution in [3.8, 4) is 5.75 Å². The maximum absolute atomic E-state index is 13.5. The third kappa shape index (κ3) is 5.66. The lowest BCUT2D eigenvalue weighted by molar-refractivity contribution is -0.139. The first-order chi connectivity index (χ1) is 16.2. The zero-order chi connectivity index (χ0) is 24.9. The van der Waals surface area contributed by atoms with Gasteiger partial charge in [0.15, 0.2) is 0 Å². The molecule has 1 atom stereocenters. The van der Waals surface area contributed by atoms with Crippen LogP contribution in [0.5, 0.6) is 5.75 Å². The van der Waals surface area contributed by atoms with Gasteiger partial charge < -0.3 is 15.0 Å². The van der Waals surface area contributed by atoms with Crippen molar-refractivity contribution < 1.29 is 22.7 Å². The van der Waals surface area contributed by atoms with E-state index < -0.39 is 28.5 Å². The molecule has 0 saturated heterocycles. The molecule has 34 heavy (non-hydrogen) atoms. The van der Waals surface area contributed by atoms with E-state index in [1.807, 2.05) is 36.4 Å². The van der Waals surface area contributed by atoms with Crippen molar-refractivity contribution in [1.29, 1.82) is 0 Å². The van der Waals surface area contributed by atoms with Crippen LogP contribution in [-0.2, 0) is 26.2 Å². The minimum Gasteiger partial charge on any atom is -0.497 e. The number of anilines is 1. The molecule has 180 valence electrons. The second-order valence-corrected chi connectivity index (χ2v) is 9.84. The average molecular weight is 484 g/mol. The lowest BCUT2D eigenvalue weighted by Crippen LogP contribution is -2.50. The molecule has 8 nitrogen and oxygen atoms in total. The molecule has 2 amide bonds.